The van der Waals surface area contributed by atoms with Crippen molar-refractivity contribution in [3.63, 3.8) is 0 Å². The third-order valence-corrected chi connectivity index (χ3v) is 3.76. The molecule has 0 atom stereocenters. The molecule has 0 saturated heterocycles. The molecule has 22 heavy (non-hydrogen) atoms. The highest BCUT2D eigenvalue weighted by atomic mass is 35.5. The van der Waals surface area contributed by atoms with Gasteiger partial charge in [0.25, 0.3) is 5.56 Å². The van der Waals surface area contributed by atoms with Gasteiger partial charge in [0, 0.05) is 18.8 Å². The highest BCUT2D eigenvalue weighted by Crippen LogP contribution is 2.38. The number of ether oxygens (including phenoxy) is 2. The Bertz CT molecular complexity index is 825. The van der Waals surface area contributed by atoms with E-state index in [1.807, 2.05) is 6.92 Å². The maximum atomic E-state index is 12.2. The first-order valence-corrected chi connectivity index (χ1v) is 7.36. The van der Waals surface area contributed by atoms with Crippen molar-refractivity contribution in [2.45, 2.75) is 20.0 Å². The average Bonchev–Trinajstić information content (AvgIpc) is 2.52. The van der Waals surface area contributed by atoms with Crippen molar-refractivity contribution in [2.24, 2.45) is 0 Å². The zero-order chi connectivity index (χ0) is 15.7. The van der Waals surface area contributed by atoms with Crippen LogP contribution >= 0.6 is 11.6 Å². The first-order valence-electron chi connectivity index (χ1n) is 6.98. The molecule has 116 valence electrons. The van der Waals surface area contributed by atoms with Gasteiger partial charge in [-0.05, 0) is 24.6 Å². The van der Waals surface area contributed by atoms with Gasteiger partial charge in [-0.2, -0.15) is 0 Å². The molecular weight excluding hydrogens is 308 g/mol. The number of rotatable bonds is 3. The summed E-state index contributed by atoms with van der Waals surface area (Å²) in [4.78, 5) is 24.2. The van der Waals surface area contributed by atoms with Gasteiger partial charge in [0.05, 0.1) is 11.6 Å². The van der Waals surface area contributed by atoms with E-state index in [4.69, 9.17) is 21.1 Å². The highest BCUT2D eigenvalue weighted by molar-refractivity contribution is 6.32. The van der Waals surface area contributed by atoms with Crippen LogP contribution in [0, 0.1) is 0 Å². The fraction of sp³-hybridized carbons (Fsp3) is 0.333. The van der Waals surface area contributed by atoms with E-state index in [2.05, 4.69) is 0 Å². The zero-order valence-corrected chi connectivity index (χ0v) is 12.8. The first-order chi connectivity index (χ1) is 10.6. The van der Waals surface area contributed by atoms with E-state index in [0.717, 1.165) is 0 Å². The van der Waals surface area contributed by atoms with Crippen LogP contribution in [-0.4, -0.2) is 22.3 Å². The number of halogens is 1. The Hall–Kier alpha value is -2.21. The van der Waals surface area contributed by atoms with Crippen LogP contribution in [0.1, 0.15) is 12.5 Å². The zero-order valence-electron chi connectivity index (χ0n) is 12.0. The molecule has 0 radical (unpaired) electrons. The van der Waals surface area contributed by atoms with Gasteiger partial charge >= 0.3 is 5.69 Å². The Labute approximate surface area is 131 Å². The van der Waals surface area contributed by atoms with E-state index >= 15 is 0 Å². The molecule has 0 aliphatic carbocycles. The summed E-state index contributed by atoms with van der Waals surface area (Å²) in [5.74, 6) is 1.04. The second-order valence-corrected chi connectivity index (χ2v) is 5.32. The van der Waals surface area contributed by atoms with Crippen molar-refractivity contribution >= 4 is 11.6 Å². The van der Waals surface area contributed by atoms with Gasteiger partial charge in [-0.15, -0.1) is 0 Å². The van der Waals surface area contributed by atoms with E-state index in [0.29, 0.717) is 41.8 Å². The summed E-state index contributed by atoms with van der Waals surface area (Å²) in [6.45, 7) is 3.37. The second-order valence-electron chi connectivity index (χ2n) is 4.91. The Balaban J connectivity index is 2.03. The van der Waals surface area contributed by atoms with Crippen molar-refractivity contribution in [1.82, 2.24) is 9.13 Å². The molecule has 6 nitrogen and oxygen atoms in total. The van der Waals surface area contributed by atoms with Crippen LogP contribution in [0.4, 0.5) is 0 Å². The van der Waals surface area contributed by atoms with Crippen LogP contribution in [-0.2, 0) is 13.1 Å². The normalized spacial score (nSPS) is 13.2. The molecule has 7 heteroatoms. The molecule has 0 bridgehead atoms. The number of aromatic nitrogens is 2. The van der Waals surface area contributed by atoms with Gasteiger partial charge < -0.3 is 14.0 Å². The lowest BCUT2D eigenvalue weighted by molar-refractivity contribution is 0.171. The molecule has 1 aliphatic heterocycles. The topological polar surface area (TPSA) is 62.5 Å². The van der Waals surface area contributed by atoms with Crippen LogP contribution in [0.5, 0.6) is 11.5 Å². The lowest BCUT2D eigenvalue weighted by atomic mass is 10.2. The van der Waals surface area contributed by atoms with E-state index in [1.54, 1.807) is 12.1 Å². The Morgan fingerprint density at radius 1 is 1.23 bits per heavy atom. The van der Waals surface area contributed by atoms with Gasteiger partial charge in [0.15, 0.2) is 11.5 Å². The predicted molar refractivity (Wildman–Crippen MR) is 82.2 cm³/mol. The molecule has 2 aromatic rings. The molecule has 0 fully saturated rings. The van der Waals surface area contributed by atoms with E-state index in [-0.39, 0.29) is 17.8 Å². The summed E-state index contributed by atoms with van der Waals surface area (Å²) < 4.78 is 13.6. The first kappa shape index (κ1) is 14.7. The number of benzene rings is 1. The monoisotopic (exact) mass is 322 g/mol. The number of hydrogen-bond acceptors (Lipinski definition) is 4. The highest BCUT2D eigenvalue weighted by Gasteiger charge is 2.17. The van der Waals surface area contributed by atoms with E-state index in [1.165, 1.54) is 21.4 Å². The van der Waals surface area contributed by atoms with Gasteiger partial charge in [-0.1, -0.05) is 11.6 Å². The molecule has 2 heterocycles. The van der Waals surface area contributed by atoms with Crippen LogP contribution in [0.3, 0.4) is 0 Å². The van der Waals surface area contributed by atoms with E-state index in [9.17, 15) is 9.59 Å². The minimum atomic E-state index is -0.347. The molecule has 1 aliphatic rings. The smallest absolute Gasteiger partial charge is 0.331 e. The largest absolute Gasteiger partial charge is 0.486 e. The molecule has 0 saturated carbocycles. The lowest BCUT2D eigenvalue weighted by Gasteiger charge is -2.20. The summed E-state index contributed by atoms with van der Waals surface area (Å²) in [6.07, 6.45) is 1.50. The van der Waals surface area contributed by atoms with E-state index < -0.39 is 0 Å². The minimum absolute atomic E-state index is 0.134. The second kappa shape index (κ2) is 5.88. The van der Waals surface area contributed by atoms with Gasteiger partial charge in [0.1, 0.15) is 13.2 Å². The van der Waals surface area contributed by atoms with Crippen LogP contribution in [0.2, 0.25) is 5.02 Å². The molecule has 0 N–H and O–H groups in total. The van der Waals surface area contributed by atoms with Crippen molar-refractivity contribution in [2.75, 3.05) is 13.2 Å². The molecule has 1 aromatic carbocycles. The molecular formula is C15H15ClN2O4. The Morgan fingerprint density at radius 2 is 2.00 bits per heavy atom. The third kappa shape index (κ3) is 2.62. The molecule has 0 amide bonds. The molecule has 0 spiro atoms. The number of fused-ring (bicyclic) bond motifs is 1. The fourth-order valence-electron chi connectivity index (χ4n) is 2.38. The minimum Gasteiger partial charge on any atom is -0.486 e. The van der Waals surface area contributed by atoms with Crippen molar-refractivity contribution in [1.29, 1.82) is 0 Å². The summed E-state index contributed by atoms with van der Waals surface area (Å²) in [6, 6.07) is 4.81. The third-order valence-electron chi connectivity index (χ3n) is 3.48. The van der Waals surface area contributed by atoms with Crippen LogP contribution in [0.25, 0.3) is 0 Å². The van der Waals surface area contributed by atoms with Crippen LogP contribution < -0.4 is 20.7 Å². The van der Waals surface area contributed by atoms with Gasteiger partial charge in [-0.3, -0.25) is 9.36 Å². The summed E-state index contributed by atoms with van der Waals surface area (Å²) in [5, 5.41) is 0.409. The summed E-state index contributed by atoms with van der Waals surface area (Å²) in [5.41, 5.74) is 0.0176. The standard InChI is InChI=1S/C15H15ClN2O4/c1-2-17-4-3-13(19)18(15(17)20)9-10-7-11(16)14-12(8-10)21-5-6-22-14/h3-4,7-8H,2,5-6,9H2,1H3. The quantitative estimate of drug-likeness (QED) is 0.859. The van der Waals surface area contributed by atoms with Crippen molar-refractivity contribution < 1.29 is 9.47 Å². The molecule has 1 aromatic heterocycles. The molecule has 3 rings (SSSR count). The Kier molecular flexibility index (Phi) is 3.94. The predicted octanol–water partition coefficient (Wildman–Crippen LogP) is 1.50. The maximum Gasteiger partial charge on any atom is 0.331 e. The SMILES string of the molecule is CCn1ccc(=O)n(Cc2cc(Cl)c3c(c2)OCCO3)c1=O. The van der Waals surface area contributed by atoms with Crippen LogP contribution in [0.15, 0.2) is 34.0 Å². The number of nitrogens with zero attached hydrogens (tertiary/aromatic N) is 2. The number of hydrogen-bond donors (Lipinski definition) is 0. The lowest BCUT2D eigenvalue weighted by Crippen LogP contribution is -2.39. The Morgan fingerprint density at radius 3 is 2.77 bits per heavy atom. The summed E-state index contributed by atoms with van der Waals surface area (Å²) in [7, 11) is 0. The average molecular weight is 323 g/mol. The van der Waals surface area contributed by atoms with Crippen molar-refractivity contribution in [3.8, 4) is 11.5 Å². The summed E-state index contributed by atoms with van der Waals surface area (Å²) >= 11 is 6.18. The fourth-order valence-corrected chi connectivity index (χ4v) is 2.67. The molecule has 0 unspecified atom stereocenters. The van der Waals surface area contributed by atoms with Gasteiger partial charge in [-0.25, -0.2) is 4.79 Å². The number of aryl methyl sites for hydroxylation is 1. The van der Waals surface area contributed by atoms with Gasteiger partial charge in [0.2, 0.25) is 0 Å². The van der Waals surface area contributed by atoms with Crippen molar-refractivity contribution in [3.05, 3.63) is 55.8 Å². The maximum absolute atomic E-state index is 12.2.